The zero-order valence-electron chi connectivity index (χ0n) is 11.8. The number of rotatable bonds is 4. The standard InChI is InChI=1S/C14H21IN2O2/c1-14(2,3)11-7-10(8-12(9-11)16-15)13(19)17(4)5-6-18/h7-9,16,18H,5-6H2,1-4H3. The van der Waals surface area contributed by atoms with E-state index in [1.54, 1.807) is 7.05 Å². The lowest BCUT2D eigenvalue weighted by atomic mass is 9.85. The molecule has 0 fully saturated rings. The van der Waals surface area contributed by atoms with Crippen LogP contribution in [0.4, 0.5) is 5.69 Å². The average molecular weight is 376 g/mol. The van der Waals surface area contributed by atoms with Gasteiger partial charge in [-0.2, -0.15) is 0 Å². The van der Waals surface area contributed by atoms with Gasteiger partial charge in [-0.15, -0.1) is 0 Å². The Morgan fingerprint density at radius 1 is 1.37 bits per heavy atom. The molecule has 2 N–H and O–H groups in total. The first-order valence-electron chi connectivity index (χ1n) is 6.18. The van der Waals surface area contributed by atoms with Gasteiger partial charge in [0.2, 0.25) is 0 Å². The summed E-state index contributed by atoms with van der Waals surface area (Å²) in [5.41, 5.74) is 2.64. The molecule has 19 heavy (non-hydrogen) atoms. The molecule has 0 aliphatic carbocycles. The number of aliphatic hydroxyl groups is 1. The van der Waals surface area contributed by atoms with Gasteiger partial charge in [0.25, 0.3) is 5.91 Å². The number of likely N-dealkylation sites (N-methyl/N-ethyl adjacent to an activating group) is 1. The third-order valence-corrected chi connectivity index (χ3v) is 3.56. The van der Waals surface area contributed by atoms with Crippen LogP contribution in [0.2, 0.25) is 0 Å². The van der Waals surface area contributed by atoms with Crippen molar-refractivity contribution in [1.82, 2.24) is 4.90 Å². The summed E-state index contributed by atoms with van der Waals surface area (Å²) in [4.78, 5) is 13.8. The van der Waals surface area contributed by atoms with Crippen molar-refractivity contribution in [3.05, 3.63) is 29.3 Å². The third-order valence-electron chi connectivity index (χ3n) is 2.94. The maximum Gasteiger partial charge on any atom is 0.253 e. The minimum Gasteiger partial charge on any atom is -0.395 e. The number of nitrogens with zero attached hydrogens (tertiary/aromatic N) is 1. The lowest BCUT2D eigenvalue weighted by Gasteiger charge is -2.22. The highest BCUT2D eigenvalue weighted by molar-refractivity contribution is 14.1. The molecule has 5 heteroatoms. The van der Waals surface area contributed by atoms with E-state index in [1.807, 2.05) is 12.1 Å². The molecule has 106 valence electrons. The van der Waals surface area contributed by atoms with Gasteiger partial charge in [-0.3, -0.25) is 4.79 Å². The molecule has 0 aliphatic heterocycles. The summed E-state index contributed by atoms with van der Waals surface area (Å²) < 4.78 is 3.06. The summed E-state index contributed by atoms with van der Waals surface area (Å²) in [5, 5.41) is 8.91. The zero-order chi connectivity index (χ0) is 14.6. The molecule has 1 aromatic rings. The average Bonchev–Trinajstić information content (AvgIpc) is 2.36. The van der Waals surface area contributed by atoms with Crippen molar-refractivity contribution in [3.8, 4) is 0 Å². The van der Waals surface area contributed by atoms with Gasteiger partial charge in [-0.1, -0.05) is 20.8 Å². The molecule has 0 unspecified atom stereocenters. The molecular formula is C14H21IN2O2. The normalized spacial score (nSPS) is 11.3. The Hall–Kier alpha value is -0.820. The predicted molar refractivity (Wildman–Crippen MR) is 86.8 cm³/mol. The predicted octanol–water partition coefficient (Wildman–Crippen LogP) is 2.81. The summed E-state index contributed by atoms with van der Waals surface area (Å²) in [6.45, 7) is 6.66. The van der Waals surface area contributed by atoms with Gasteiger partial charge in [0, 0.05) is 24.8 Å². The maximum absolute atomic E-state index is 12.3. The van der Waals surface area contributed by atoms with E-state index in [9.17, 15) is 4.79 Å². The number of amides is 1. The quantitative estimate of drug-likeness (QED) is 0.628. The van der Waals surface area contributed by atoms with Crippen molar-refractivity contribution < 1.29 is 9.90 Å². The van der Waals surface area contributed by atoms with E-state index < -0.39 is 0 Å². The molecule has 0 spiro atoms. The van der Waals surface area contributed by atoms with Crippen LogP contribution >= 0.6 is 22.9 Å². The van der Waals surface area contributed by atoms with E-state index in [2.05, 4.69) is 53.2 Å². The van der Waals surface area contributed by atoms with Crippen LogP contribution in [0.1, 0.15) is 36.7 Å². The van der Waals surface area contributed by atoms with Crippen LogP contribution in [0, 0.1) is 0 Å². The minimum atomic E-state index is -0.0759. The van der Waals surface area contributed by atoms with Gasteiger partial charge in [0.05, 0.1) is 29.5 Å². The van der Waals surface area contributed by atoms with E-state index in [0.717, 1.165) is 11.3 Å². The highest BCUT2D eigenvalue weighted by atomic mass is 127. The van der Waals surface area contributed by atoms with Crippen LogP contribution < -0.4 is 3.53 Å². The molecule has 0 atom stereocenters. The van der Waals surface area contributed by atoms with Crippen molar-refractivity contribution in [3.63, 3.8) is 0 Å². The first-order chi connectivity index (χ1) is 8.79. The van der Waals surface area contributed by atoms with Gasteiger partial charge in [0.15, 0.2) is 0 Å². The van der Waals surface area contributed by atoms with Gasteiger partial charge in [0.1, 0.15) is 0 Å². The Kier molecular flexibility index (Phi) is 5.61. The Bertz CT molecular complexity index is 455. The van der Waals surface area contributed by atoms with Crippen molar-refractivity contribution in [2.75, 3.05) is 23.7 Å². The third kappa shape index (κ3) is 4.35. The fraction of sp³-hybridized carbons (Fsp3) is 0.500. The van der Waals surface area contributed by atoms with E-state index in [4.69, 9.17) is 5.11 Å². The van der Waals surface area contributed by atoms with Crippen LogP contribution in [0.25, 0.3) is 0 Å². The van der Waals surface area contributed by atoms with Crippen LogP contribution in [0.15, 0.2) is 18.2 Å². The summed E-state index contributed by atoms with van der Waals surface area (Å²) in [6.07, 6.45) is 0. The number of anilines is 1. The number of hydrogen-bond donors (Lipinski definition) is 2. The van der Waals surface area contributed by atoms with Crippen LogP contribution in [-0.2, 0) is 5.41 Å². The summed E-state index contributed by atoms with van der Waals surface area (Å²) in [5.74, 6) is -0.0759. The Balaban J connectivity index is 3.17. The number of benzene rings is 1. The van der Waals surface area contributed by atoms with E-state index in [0.29, 0.717) is 12.1 Å². The summed E-state index contributed by atoms with van der Waals surface area (Å²) in [7, 11) is 1.69. The second-order valence-electron chi connectivity index (χ2n) is 5.59. The van der Waals surface area contributed by atoms with Gasteiger partial charge in [-0.05, 0) is 29.2 Å². The maximum atomic E-state index is 12.3. The molecule has 0 radical (unpaired) electrons. The largest absolute Gasteiger partial charge is 0.395 e. The minimum absolute atomic E-state index is 0.0198. The first kappa shape index (κ1) is 16.2. The van der Waals surface area contributed by atoms with Crippen molar-refractivity contribution >= 4 is 34.5 Å². The Labute approximate surface area is 128 Å². The van der Waals surface area contributed by atoms with Crippen molar-refractivity contribution in [2.45, 2.75) is 26.2 Å². The topological polar surface area (TPSA) is 52.6 Å². The fourth-order valence-corrected chi connectivity index (χ4v) is 2.02. The van der Waals surface area contributed by atoms with Gasteiger partial charge >= 0.3 is 0 Å². The molecule has 1 amide bonds. The lowest BCUT2D eigenvalue weighted by molar-refractivity contribution is 0.0767. The second kappa shape index (κ2) is 6.56. The van der Waals surface area contributed by atoms with E-state index in [1.165, 1.54) is 4.90 Å². The zero-order valence-corrected chi connectivity index (χ0v) is 14.0. The second-order valence-corrected chi connectivity index (χ2v) is 6.13. The number of hydrogen-bond acceptors (Lipinski definition) is 3. The van der Waals surface area contributed by atoms with Crippen LogP contribution in [0.3, 0.4) is 0 Å². The first-order valence-corrected chi connectivity index (χ1v) is 7.26. The molecule has 0 saturated heterocycles. The lowest BCUT2D eigenvalue weighted by Crippen LogP contribution is -2.29. The van der Waals surface area contributed by atoms with Crippen LogP contribution in [0.5, 0.6) is 0 Å². The number of carbonyl (C=O) groups excluding carboxylic acids is 1. The number of nitrogens with one attached hydrogen (secondary N) is 1. The van der Waals surface area contributed by atoms with Crippen LogP contribution in [-0.4, -0.2) is 36.1 Å². The number of aliphatic hydroxyl groups excluding tert-OH is 1. The molecule has 0 heterocycles. The Morgan fingerprint density at radius 3 is 2.47 bits per heavy atom. The van der Waals surface area contributed by atoms with Crippen molar-refractivity contribution in [1.29, 1.82) is 0 Å². The number of carbonyl (C=O) groups is 1. The molecule has 4 nitrogen and oxygen atoms in total. The molecule has 1 aromatic carbocycles. The van der Waals surface area contributed by atoms with Gasteiger partial charge < -0.3 is 13.5 Å². The van der Waals surface area contributed by atoms with Gasteiger partial charge in [-0.25, -0.2) is 0 Å². The molecule has 0 aromatic heterocycles. The summed E-state index contributed by atoms with van der Waals surface area (Å²) >= 11 is 2.06. The van der Waals surface area contributed by atoms with E-state index >= 15 is 0 Å². The highest BCUT2D eigenvalue weighted by Crippen LogP contribution is 2.27. The monoisotopic (exact) mass is 376 g/mol. The fourth-order valence-electron chi connectivity index (χ4n) is 1.71. The molecule has 0 bridgehead atoms. The molecule has 0 saturated carbocycles. The molecule has 1 rings (SSSR count). The smallest absolute Gasteiger partial charge is 0.253 e. The van der Waals surface area contributed by atoms with E-state index in [-0.39, 0.29) is 17.9 Å². The molecule has 0 aliphatic rings. The Morgan fingerprint density at radius 2 is 2.00 bits per heavy atom. The number of halogens is 1. The highest BCUT2D eigenvalue weighted by Gasteiger charge is 2.19. The SMILES string of the molecule is CN(CCO)C(=O)c1cc(NI)cc(C(C)(C)C)c1. The van der Waals surface area contributed by atoms with Crippen molar-refractivity contribution in [2.24, 2.45) is 0 Å². The summed E-state index contributed by atoms with van der Waals surface area (Å²) in [6, 6.07) is 5.81. The molecular weight excluding hydrogens is 355 g/mol.